The average molecular weight is 402 g/mol. The Kier molecular flexibility index (Phi) is 6.38. The lowest BCUT2D eigenvalue weighted by molar-refractivity contribution is 0.248. The molecule has 0 unspecified atom stereocenters. The number of halogens is 2. The molecule has 0 fully saturated rings. The number of benzene rings is 1. The van der Waals surface area contributed by atoms with E-state index < -0.39 is 5.82 Å². The molecule has 28 heavy (non-hydrogen) atoms. The first kappa shape index (κ1) is 20.0. The molecule has 3 rings (SSSR count). The first-order valence-corrected chi connectivity index (χ1v) is 9.23. The van der Waals surface area contributed by atoms with Gasteiger partial charge in [0.1, 0.15) is 11.6 Å². The van der Waals surface area contributed by atoms with Gasteiger partial charge in [-0.3, -0.25) is 4.98 Å². The number of hydrogen-bond acceptors (Lipinski definition) is 6. The van der Waals surface area contributed by atoms with E-state index in [2.05, 4.69) is 25.6 Å². The molecule has 2 aromatic heterocycles. The van der Waals surface area contributed by atoms with Crippen molar-refractivity contribution in [1.82, 2.24) is 15.0 Å². The van der Waals surface area contributed by atoms with E-state index in [1.807, 2.05) is 26.0 Å². The SMILES string of the molecule is CC(C)[C@H](CO)Nc1nc(Nc2ccc(F)cc2Cl)cc(-c2cccnc2)n1. The largest absolute Gasteiger partial charge is 0.394 e. The zero-order valence-corrected chi connectivity index (χ0v) is 16.3. The van der Waals surface area contributed by atoms with Gasteiger partial charge in [0.25, 0.3) is 0 Å². The minimum Gasteiger partial charge on any atom is -0.394 e. The number of pyridine rings is 1. The Morgan fingerprint density at radius 1 is 1.18 bits per heavy atom. The fourth-order valence-electron chi connectivity index (χ4n) is 2.56. The molecule has 0 saturated heterocycles. The molecular weight excluding hydrogens is 381 g/mol. The van der Waals surface area contributed by atoms with Gasteiger partial charge in [0.05, 0.1) is 29.1 Å². The maximum atomic E-state index is 13.3. The van der Waals surface area contributed by atoms with Crippen LogP contribution in [0.25, 0.3) is 11.3 Å². The summed E-state index contributed by atoms with van der Waals surface area (Å²) in [6, 6.07) is 9.35. The monoisotopic (exact) mass is 401 g/mol. The second-order valence-corrected chi connectivity index (χ2v) is 7.04. The highest BCUT2D eigenvalue weighted by Crippen LogP contribution is 2.28. The van der Waals surface area contributed by atoms with Crippen molar-refractivity contribution in [1.29, 1.82) is 0 Å². The van der Waals surface area contributed by atoms with Gasteiger partial charge >= 0.3 is 0 Å². The van der Waals surface area contributed by atoms with Crippen LogP contribution in [0.5, 0.6) is 0 Å². The van der Waals surface area contributed by atoms with E-state index in [0.717, 1.165) is 5.56 Å². The summed E-state index contributed by atoms with van der Waals surface area (Å²) in [6.45, 7) is 3.94. The number of nitrogens with one attached hydrogen (secondary N) is 2. The van der Waals surface area contributed by atoms with Crippen molar-refractivity contribution >= 4 is 29.1 Å². The van der Waals surface area contributed by atoms with Crippen molar-refractivity contribution < 1.29 is 9.50 Å². The maximum absolute atomic E-state index is 13.3. The van der Waals surface area contributed by atoms with Crippen LogP contribution in [0, 0.1) is 11.7 Å². The fourth-order valence-corrected chi connectivity index (χ4v) is 2.77. The molecule has 6 nitrogen and oxygen atoms in total. The maximum Gasteiger partial charge on any atom is 0.225 e. The Bertz CT molecular complexity index is 939. The highest BCUT2D eigenvalue weighted by atomic mass is 35.5. The molecule has 1 atom stereocenters. The molecule has 0 aliphatic rings. The number of rotatable bonds is 7. The van der Waals surface area contributed by atoms with Crippen LogP contribution in [0.15, 0.2) is 48.8 Å². The summed E-state index contributed by atoms with van der Waals surface area (Å²) in [5, 5.41) is 16.1. The zero-order valence-electron chi connectivity index (χ0n) is 15.5. The molecule has 0 saturated carbocycles. The summed E-state index contributed by atoms with van der Waals surface area (Å²) in [6.07, 6.45) is 3.38. The van der Waals surface area contributed by atoms with Crippen LogP contribution in [-0.4, -0.2) is 32.7 Å². The van der Waals surface area contributed by atoms with Crippen LogP contribution >= 0.6 is 11.6 Å². The lowest BCUT2D eigenvalue weighted by Crippen LogP contribution is -2.30. The first-order chi connectivity index (χ1) is 13.5. The minimum absolute atomic E-state index is 0.0509. The van der Waals surface area contributed by atoms with Crippen LogP contribution in [-0.2, 0) is 0 Å². The molecule has 0 spiro atoms. The van der Waals surface area contributed by atoms with E-state index >= 15 is 0 Å². The van der Waals surface area contributed by atoms with Crippen molar-refractivity contribution in [2.24, 2.45) is 5.92 Å². The van der Waals surface area contributed by atoms with Gasteiger partial charge in [0, 0.05) is 24.0 Å². The van der Waals surface area contributed by atoms with E-state index in [1.165, 1.54) is 12.1 Å². The number of aliphatic hydroxyl groups excluding tert-OH is 1. The normalized spacial score (nSPS) is 12.1. The third kappa shape index (κ3) is 4.94. The van der Waals surface area contributed by atoms with Crippen molar-refractivity contribution in [2.75, 3.05) is 17.2 Å². The van der Waals surface area contributed by atoms with Crippen molar-refractivity contribution in [3.05, 3.63) is 59.6 Å². The van der Waals surface area contributed by atoms with Gasteiger partial charge in [-0.15, -0.1) is 0 Å². The third-order valence-electron chi connectivity index (χ3n) is 4.19. The summed E-state index contributed by atoms with van der Waals surface area (Å²) in [5.74, 6) is 0.595. The van der Waals surface area contributed by atoms with E-state index in [1.54, 1.807) is 24.5 Å². The van der Waals surface area contributed by atoms with Gasteiger partial charge in [-0.1, -0.05) is 25.4 Å². The molecule has 0 aliphatic carbocycles. The molecule has 2 heterocycles. The Balaban J connectivity index is 1.99. The van der Waals surface area contributed by atoms with Crippen LogP contribution in [0.2, 0.25) is 5.02 Å². The number of nitrogens with zero attached hydrogens (tertiary/aromatic N) is 3. The van der Waals surface area contributed by atoms with Gasteiger partial charge in [-0.05, 0) is 36.2 Å². The molecule has 0 amide bonds. The topological polar surface area (TPSA) is 83.0 Å². The highest BCUT2D eigenvalue weighted by Gasteiger charge is 2.15. The van der Waals surface area contributed by atoms with Crippen molar-refractivity contribution in [2.45, 2.75) is 19.9 Å². The molecule has 0 aliphatic heterocycles. The predicted octanol–water partition coefficient (Wildman–Crippen LogP) is 4.50. The predicted molar refractivity (Wildman–Crippen MR) is 109 cm³/mol. The van der Waals surface area contributed by atoms with Gasteiger partial charge in [0.2, 0.25) is 5.95 Å². The van der Waals surface area contributed by atoms with Crippen LogP contribution in [0.1, 0.15) is 13.8 Å². The standard InChI is InChI=1S/C20H21ClFN5O/c1-12(2)18(11-28)26-20-25-17(13-4-3-7-23-10-13)9-19(27-20)24-16-6-5-14(22)8-15(16)21/h3-10,12,18,28H,11H2,1-2H3,(H2,24,25,26,27)/t18-/m0/s1. The fraction of sp³-hybridized carbons (Fsp3) is 0.250. The molecule has 8 heteroatoms. The number of aromatic nitrogens is 3. The summed E-state index contributed by atoms with van der Waals surface area (Å²) in [4.78, 5) is 13.1. The van der Waals surface area contributed by atoms with Crippen molar-refractivity contribution in [3.8, 4) is 11.3 Å². The molecular formula is C20H21ClFN5O. The van der Waals surface area contributed by atoms with E-state index in [9.17, 15) is 9.50 Å². The number of aliphatic hydroxyl groups is 1. The zero-order chi connectivity index (χ0) is 20.1. The molecule has 0 bridgehead atoms. The number of hydrogen-bond donors (Lipinski definition) is 3. The summed E-state index contributed by atoms with van der Waals surface area (Å²) >= 11 is 6.12. The lowest BCUT2D eigenvalue weighted by atomic mass is 10.1. The van der Waals surface area contributed by atoms with E-state index in [0.29, 0.717) is 23.1 Å². The van der Waals surface area contributed by atoms with Gasteiger partial charge < -0.3 is 15.7 Å². The van der Waals surface area contributed by atoms with E-state index in [-0.39, 0.29) is 23.6 Å². The van der Waals surface area contributed by atoms with E-state index in [4.69, 9.17) is 11.6 Å². The van der Waals surface area contributed by atoms with Gasteiger partial charge in [-0.25, -0.2) is 9.37 Å². The Hall–Kier alpha value is -2.77. The highest BCUT2D eigenvalue weighted by molar-refractivity contribution is 6.33. The quantitative estimate of drug-likeness (QED) is 0.540. The lowest BCUT2D eigenvalue weighted by Gasteiger charge is -2.20. The molecule has 3 N–H and O–H groups in total. The third-order valence-corrected chi connectivity index (χ3v) is 4.51. The molecule has 146 valence electrons. The Morgan fingerprint density at radius 3 is 2.64 bits per heavy atom. The number of anilines is 3. The molecule has 0 radical (unpaired) electrons. The average Bonchev–Trinajstić information content (AvgIpc) is 2.68. The Morgan fingerprint density at radius 2 is 2.00 bits per heavy atom. The summed E-state index contributed by atoms with van der Waals surface area (Å²) in [5.41, 5.74) is 1.98. The smallest absolute Gasteiger partial charge is 0.225 e. The van der Waals surface area contributed by atoms with Crippen LogP contribution in [0.3, 0.4) is 0 Å². The van der Waals surface area contributed by atoms with Gasteiger partial charge in [-0.2, -0.15) is 4.98 Å². The summed E-state index contributed by atoms with van der Waals surface area (Å²) < 4.78 is 13.3. The van der Waals surface area contributed by atoms with Crippen molar-refractivity contribution in [3.63, 3.8) is 0 Å². The summed E-state index contributed by atoms with van der Waals surface area (Å²) in [7, 11) is 0. The second kappa shape index (κ2) is 8.95. The van der Waals surface area contributed by atoms with Crippen LogP contribution < -0.4 is 10.6 Å². The van der Waals surface area contributed by atoms with Crippen LogP contribution in [0.4, 0.5) is 21.8 Å². The second-order valence-electron chi connectivity index (χ2n) is 6.63. The minimum atomic E-state index is -0.417. The first-order valence-electron chi connectivity index (χ1n) is 8.85. The molecule has 1 aromatic carbocycles. The molecule has 3 aromatic rings. The van der Waals surface area contributed by atoms with Gasteiger partial charge in [0.15, 0.2) is 0 Å². The Labute approximate surface area is 167 Å².